The topological polar surface area (TPSA) is 92.4 Å². The van der Waals surface area contributed by atoms with Crippen LogP contribution < -0.4 is 11.1 Å². The van der Waals surface area contributed by atoms with E-state index < -0.39 is 23.5 Å². The van der Waals surface area contributed by atoms with Gasteiger partial charge in [0.1, 0.15) is 11.6 Å². The van der Waals surface area contributed by atoms with Crippen molar-refractivity contribution in [3.8, 4) is 0 Å². The Kier molecular flexibility index (Phi) is 6.10. The molecule has 0 heterocycles. The summed E-state index contributed by atoms with van der Waals surface area (Å²) >= 11 is 0. The van der Waals surface area contributed by atoms with Gasteiger partial charge in [-0.25, -0.2) is 0 Å². The summed E-state index contributed by atoms with van der Waals surface area (Å²) in [4.78, 5) is 24.0. The number of hydrogen-bond acceptors (Lipinski definition) is 3. The van der Waals surface area contributed by atoms with Crippen LogP contribution in [-0.2, 0) is 15.1 Å². The Morgan fingerprint density at radius 1 is 0.862 bits per heavy atom. The molecule has 0 aliphatic rings. The van der Waals surface area contributed by atoms with Crippen molar-refractivity contribution in [2.75, 3.05) is 0 Å². The van der Waals surface area contributed by atoms with Crippen LogP contribution >= 0.6 is 0 Å². The number of amides is 1. The van der Waals surface area contributed by atoms with Gasteiger partial charge in [0.05, 0.1) is 6.42 Å². The molecule has 0 saturated heterocycles. The molecule has 4 N–H and O–H groups in total. The van der Waals surface area contributed by atoms with E-state index in [4.69, 9.17) is 10.8 Å². The number of hydrogen-bond donors (Lipinski definition) is 3. The molecule has 3 aromatic rings. The smallest absolute Gasteiger partial charge is 0.321 e. The van der Waals surface area contributed by atoms with Crippen molar-refractivity contribution in [1.29, 1.82) is 0 Å². The summed E-state index contributed by atoms with van der Waals surface area (Å²) in [5.74, 6) is -1.64. The molecule has 0 spiro atoms. The molecule has 0 aromatic heterocycles. The largest absolute Gasteiger partial charge is 0.480 e. The molecule has 5 heteroatoms. The summed E-state index contributed by atoms with van der Waals surface area (Å²) < 4.78 is 0. The van der Waals surface area contributed by atoms with Gasteiger partial charge in [-0.1, -0.05) is 90.5 Å². The molecule has 29 heavy (non-hydrogen) atoms. The highest BCUT2D eigenvalue weighted by atomic mass is 16.4. The summed E-state index contributed by atoms with van der Waals surface area (Å²) in [5.41, 5.74) is 8.34. The quantitative estimate of drug-likeness (QED) is 0.542. The standard InChI is InChI=1S/C24H24N2O3/c1-17-12-14-20(15-13-17)24(18-8-4-2-5-9-18,19-10-6-3-7-11-19)26-22(27)16-21(25)23(28)29/h2-15,21H,16,25H2,1H3,(H,26,27)(H,28,29). The van der Waals surface area contributed by atoms with E-state index in [1.165, 1.54) is 0 Å². The predicted molar refractivity (Wildman–Crippen MR) is 112 cm³/mol. The Hall–Kier alpha value is -3.44. The Balaban J connectivity index is 2.19. The number of aryl methyl sites for hydroxylation is 1. The van der Waals surface area contributed by atoms with Crippen molar-refractivity contribution in [1.82, 2.24) is 5.32 Å². The first-order valence-electron chi connectivity index (χ1n) is 9.41. The molecular formula is C24H24N2O3. The highest BCUT2D eigenvalue weighted by Crippen LogP contribution is 2.37. The minimum Gasteiger partial charge on any atom is -0.480 e. The summed E-state index contributed by atoms with van der Waals surface area (Å²) in [6.07, 6.45) is -0.317. The first-order valence-corrected chi connectivity index (χ1v) is 9.41. The van der Waals surface area contributed by atoms with Crippen molar-refractivity contribution in [3.05, 3.63) is 107 Å². The van der Waals surface area contributed by atoms with Gasteiger partial charge in [-0.2, -0.15) is 0 Å². The lowest BCUT2D eigenvalue weighted by Crippen LogP contribution is -2.49. The van der Waals surface area contributed by atoms with E-state index in [2.05, 4.69) is 5.32 Å². The number of carbonyl (C=O) groups is 2. The van der Waals surface area contributed by atoms with Crippen molar-refractivity contribution >= 4 is 11.9 Å². The number of nitrogens with one attached hydrogen (secondary N) is 1. The zero-order valence-electron chi connectivity index (χ0n) is 16.2. The van der Waals surface area contributed by atoms with Crippen LogP contribution in [0.25, 0.3) is 0 Å². The maximum absolute atomic E-state index is 12.9. The van der Waals surface area contributed by atoms with E-state index in [1.54, 1.807) is 0 Å². The second kappa shape index (κ2) is 8.71. The highest BCUT2D eigenvalue weighted by molar-refractivity contribution is 5.85. The monoisotopic (exact) mass is 388 g/mol. The maximum atomic E-state index is 12.9. The first kappa shape index (κ1) is 20.3. The van der Waals surface area contributed by atoms with Crippen LogP contribution in [0.2, 0.25) is 0 Å². The van der Waals surface area contributed by atoms with E-state index >= 15 is 0 Å². The Morgan fingerprint density at radius 3 is 1.76 bits per heavy atom. The lowest BCUT2D eigenvalue weighted by Gasteiger charge is -2.37. The fraction of sp³-hybridized carbons (Fsp3) is 0.167. The third-order valence-corrected chi connectivity index (χ3v) is 4.95. The fourth-order valence-corrected chi connectivity index (χ4v) is 3.44. The SMILES string of the molecule is Cc1ccc(C(NC(=O)CC(N)C(=O)O)(c2ccccc2)c2ccccc2)cc1. The normalized spacial score (nSPS) is 12.2. The molecule has 0 aliphatic carbocycles. The molecule has 1 atom stereocenters. The van der Waals surface area contributed by atoms with Gasteiger partial charge >= 0.3 is 5.97 Å². The minimum absolute atomic E-state index is 0.317. The fourth-order valence-electron chi connectivity index (χ4n) is 3.44. The van der Waals surface area contributed by atoms with Gasteiger partial charge in [-0.05, 0) is 23.6 Å². The van der Waals surface area contributed by atoms with Crippen LogP contribution in [0.15, 0.2) is 84.9 Å². The van der Waals surface area contributed by atoms with Gasteiger partial charge in [-0.15, -0.1) is 0 Å². The Bertz CT molecular complexity index is 931. The number of carboxylic acids is 1. The van der Waals surface area contributed by atoms with E-state index in [9.17, 15) is 9.59 Å². The molecule has 0 aliphatic heterocycles. The van der Waals surface area contributed by atoms with Crippen LogP contribution in [0, 0.1) is 6.92 Å². The van der Waals surface area contributed by atoms with E-state index in [0.717, 1.165) is 22.3 Å². The Labute approximate surface area is 170 Å². The van der Waals surface area contributed by atoms with Gasteiger partial charge in [0.15, 0.2) is 0 Å². The molecule has 5 nitrogen and oxygen atoms in total. The average Bonchev–Trinajstić information content (AvgIpc) is 2.74. The number of rotatable bonds is 7. The highest BCUT2D eigenvalue weighted by Gasteiger charge is 2.38. The molecule has 148 valence electrons. The second-order valence-electron chi connectivity index (χ2n) is 7.05. The molecule has 0 saturated carbocycles. The van der Waals surface area contributed by atoms with E-state index in [-0.39, 0.29) is 6.42 Å². The second-order valence-corrected chi connectivity index (χ2v) is 7.05. The van der Waals surface area contributed by atoms with Crippen molar-refractivity contribution in [2.45, 2.75) is 24.9 Å². The van der Waals surface area contributed by atoms with Gasteiger partial charge in [0, 0.05) is 0 Å². The third kappa shape index (κ3) is 4.36. The summed E-state index contributed by atoms with van der Waals surface area (Å²) in [6, 6.07) is 25.9. The number of nitrogens with two attached hydrogens (primary N) is 1. The predicted octanol–water partition coefficient (Wildman–Crippen LogP) is 3.21. The van der Waals surface area contributed by atoms with Gasteiger partial charge in [0.2, 0.25) is 5.91 Å². The molecule has 0 fully saturated rings. The van der Waals surface area contributed by atoms with E-state index in [0.29, 0.717) is 0 Å². The number of carboxylic acid groups (broad SMARTS) is 1. The maximum Gasteiger partial charge on any atom is 0.321 e. The molecule has 3 rings (SSSR count). The number of benzene rings is 3. The summed E-state index contributed by atoms with van der Waals surface area (Å²) in [6.45, 7) is 2.00. The minimum atomic E-state index is -1.27. The van der Waals surface area contributed by atoms with Crippen molar-refractivity contribution in [2.24, 2.45) is 5.73 Å². The van der Waals surface area contributed by atoms with Crippen LogP contribution in [0.4, 0.5) is 0 Å². The van der Waals surface area contributed by atoms with Crippen LogP contribution in [0.5, 0.6) is 0 Å². The molecular weight excluding hydrogens is 364 g/mol. The molecule has 1 unspecified atom stereocenters. The van der Waals surface area contributed by atoms with Crippen LogP contribution in [0.3, 0.4) is 0 Å². The molecule has 3 aromatic carbocycles. The Morgan fingerprint density at radius 2 is 1.31 bits per heavy atom. The van der Waals surface area contributed by atoms with Gasteiger partial charge in [-0.3, -0.25) is 9.59 Å². The zero-order chi connectivity index (χ0) is 20.9. The zero-order valence-corrected chi connectivity index (χ0v) is 16.2. The summed E-state index contributed by atoms with van der Waals surface area (Å²) in [7, 11) is 0. The number of aliphatic carboxylic acids is 1. The van der Waals surface area contributed by atoms with Gasteiger partial charge in [0.25, 0.3) is 0 Å². The lowest BCUT2D eigenvalue weighted by molar-refractivity contribution is -0.140. The van der Waals surface area contributed by atoms with E-state index in [1.807, 2.05) is 91.9 Å². The third-order valence-electron chi connectivity index (χ3n) is 4.95. The van der Waals surface area contributed by atoms with Gasteiger partial charge < -0.3 is 16.2 Å². The lowest BCUT2D eigenvalue weighted by atomic mass is 9.76. The molecule has 0 radical (unpaired) electrons. The molecule has 1 amide bonds. The average molecular weight is 388 g/mol. The van der Waals surface area contributed by atoms with Crippen LogP contribution in [-0.4, -0.2) is 23.0 Å². The first-order chi connectivity index (χ1) is 13.9. The van der Waals surface area contributed by atoms with Crippen LogP contribution in [0.1, 0.15) is 28.7 Å². The van der Waals surface area contributed by atoms with Crippen molar-refractivity contribution < 1.29 is 14.7 Å². The number of carbonyl (C=O) groups excluding carboxylic acids is 1. The summed E-state index contributed by atoms with van der Waals surface area (Å²) in [5, 5.41) is 12.2. The van der Waals surface area contributed by atoms with Crippen molar-refractivity contribution in [3.63, 3.8) is 0 Å². The molecule has 0 bridgehead atoms.